The topological polar surface area (TPSA) is 26.3 Å². The zero-order valence-electron chi connectivity index (χ0n) is 9.91. The molecule has 0 fully saturated rings. The van der Waals surface area contributed by atoms with Crippen LogP contribution in [0.2, 0.25) is 10.0 Å². The van der Waals surface area contributed by atoms with Crippen LogP contribution in [0.3, 0.4) is 0 Å². The van der Waals surface area contributed by atoms with Crippen LogP contribution in [0.4, 0.5) is 0 Å². The lowest BCUT2D eigenvalue weighted by Gasteiger charge is -2.07. The molecule has 2 nitrogen and oxygen atoms in total. The Kier molecular flexibility index (Phi) is 4.50. The molecule has 5 heteroatoms. The number of hydrogen-bond donors (Lipinski definition) is 0. The largest absolute Gasteiger partial charge is 0.495 e. The van der Waals surface area contributed by atoms with Gasteiger partial charge in [-0.05, 0) is 52.3 Å². The van der Waals surface area contributed by atoms with Crippen LogP contribution >= 0.6 is 39.1 Å². The molecule has 0 aliphatic rings. The van der Waals surface area contributed by atoms with Gasteiger partial charge in [0.1, 0.15) is 5.75 Å². The van der Waals surface area contributed by atoms with Crippen LogP contribution in [-0.4, -0.2) is 12.9 Å². The van der Waals surface area contributed by atoms with E-state index in [0.717, 1.165) is 0 Å². The standard InChI is InChI=1S/C14H9BrCl2O2/c1-19-13-5-2-8(6-12(13)17)14(18)10-4-3-9(16)7-11(10)15/h2-7H,1H3. The van der Waals surface area contributed by atoms with Crippen LogP contribution < -0.4 is 4.74 Å². The first-order valence-corrected chi connectivity index (χ1v) is 6.91. The van der Waals surface area contributed by atoms with E-state index in [1.54, 1.807) is 36.4 Å². The van der Waals surface area contributed by atoms with Crippen molar-refractivity contribution in [2.24, 2.45) is 0 Å². The second kappa shape index (κ2) is 5.95. The molecule has 0 saturated heterocycles. The molecule has 0 radical (unpaired) electrons. The van der Waals surface area contributed by atoms with Crippen molar-refractivity contribution in [1.29, 1.82) is 0 Å². The molecule has 0 amide bonds. The second-order valence-corrected chi connectivity index (χ2v) is 5.50. The van der Waals surface area contributed by atoms with Crippen molar-refractivity contribution in [3.8, 4) is 5.75 Å². The van der Waals surface area contributed by atoms with E-state index in [9.17, 15) is 4.79 Å². The third-order valence-corrected chi connectivity index (χ3v) is 3.78. The van der Waals surface area contributed by atoms with E-state index in [4.69, 9.17) is 27.9 Å². The highest BCUT2D eigenvalue weighted by Gasteiger charge is 2.14. The zero-order valence-corrected chi connectivity index (χ0v) is 13.0. The summed E-state index contributed by atoms with van der Waals surface area (Å²) < 4.78 is 5.70. The van der Waals surface area contributed by atoms with Gasteiger partial charge in [0, 0.05) is 20.6 Å². The summed E-state index contributed by atoms with van der Waals surface area (Å²) in [6.45, 7) is 0. The first-order valence-electron chi connectivity index (χ1n) is 5.36. The van der Waals surface area contributed by atoms with Gasteiger partial charge in [-0.3, -0.25) is 4.79 Å². The third-order valence-electron chi connectivity index (χ3n) is 2.59. The summed E-state index contributed by atoms with van der Waals surface area (Å²) in [7, 11) is 1.53. The molecule has 0 aliphatic heterocycles. The number of halogens is 3. The highest BCUT2D eigenvalue weighted by molar-refractivity contribution is 9.10. The maximum atomic E-state index is 12.4. The summed E-state index contributed by atoms with van der Waals surface area (Å²) in [5, 5.41) is 0.967. The predicted molar refractivity (Wildman–Crippen MR) is 80.6 cm³/mol. The first kappa shape index (κ1) is 14.4. The number of ketones is 1. The van der Waals surface area contributed by atoms with Gasteiger partial charge in [0.15, 0.2) is 5.78 Å². The van der Waals surface area contributed by atoms with Crippen LogP contribution in [-0.2, 0) is 0 Å². The Balaban J connectivity index is 2.41. The molecule has 0 N–H and O–H groups in total. The molecule has 0 aliphatic carbocycles. The fourth-order valence-corrected chi connectivity index (χ4v) is 2.76. The second-order valence-electron chi connectivity index (χ2n) is 3.80. The van der Waals surface area contributed by atoms with Crippen molar-refractivity contribution in [1.82, 2.24) is 0 Å². The van der Waals surface area contributed by atoms with E-state index in [1.807, 2.05) is 0 Å². The van der Waals surface area contributed by atoms with Crippen LogP contribution in [0.25, 0.3) is 0 Å². The molecule has 0 heterocycles. The molecule has 98 valence electrons. The zero-order chi connectivity index (χ0) is 14.0. The highest BCUT2D eigenvalue weighted by Crippen LogP contribution is 2.28. The quantitative estimate of drug-likeness (QED) is 0.721. The summed E-state index contributed by atoms with van der Waals surface area (Å²) in [5.41, 5.74) is 1.03. The van der Waals surface area contributed by atoms with E-state index >= 15 is 0 Å². The number of hydrogen-bond acceptors (Lipinski definition) is 2. The lowest BCUT2D eigenvalue weighted by atomic mass is 10.0. The third kappa shape index (κ3) is 3.11. The minimum Gasteiger partial charge on any atom is -0.495 e. The van der Waals surface area contributed by atoms with Gasteiger partial charge in [-0.2, -0.15) is 0 Å². The summed E-state index contributed by atoms with van der Waals surface area (Å²) >= 11 is 15.2. The van der Waals surface area contributed by atoms with Crippen molar-refractivity contribution < 1.29 is 9.53 Å². The molecule has 0 bridgehead atoms. The maximum absolute atomic E-state index is 12.4. The van der Waals surface area contributed by atoms with Crippen molar-refractivity contribution >= 4 is 44.9 Å². The number of benzene rings is 2. The lowest BCUT2D eigenvalue weighted by Crippen LogP contribution is -2.02. The Morgan fingerprint density at radius 3 is 2.47 bits per heavy atom. The van der Waals surface area contributed by atoms with Gasteiger partial charge >= 0.3 is 0 Å². The van der Waals surface area contributed by atoms with Crippen molar-refractivity contribution in [3.63, 3.8) is 0 Å². The normalized spacial score (nSPS) is 10.3. The van der Waals surface area contributed by atoms with Crippen molar-refractivity contribution in [2.45, 2.75) is 0 Å². The molecule has 19 heavy (non-hydrogen) atoms. The van der Waals surface area contributed by atoms with E-state index in [-0.39, 0.29) is 5.78 Å². The average molecular weight is 360 g/mol. The molecule has 0 unspecified atom stereocenters. The number of ether oxygens (including phenoxy) is 1. The number of methoxy groups -OCH3 is 1. The van der Waals surface area contributed by atoms with Gasteiger partial charge in [-0.25, -0.2) is 0 Å². The molecule has 2 aromatic rings. The Morgan fingerprint density at radius 2 is 1.89 bits per heavy atom. The number of rotatable bonds is 3. The molecule has 0 spiro atoms. The molecule has 0 saturated carbocycles. The maximum Gasteiger partial charge on any atom is 0.194 e. The molecule has 2 rings (SSSR count). The molecular formula is C14H9BrCl2O2. The smallest absolute Gasteiger partial charge is 0.194 e. The van der Waals surface area contributed by atoms with Gasteiger partial charge in [-0.15, -0.1) is 0 Å². The summed E-state index contributed by atoms with van der Waals surface area (Å²) in [5.74, 6) is 0.404. The lowest BCUT2D eigenvalue weighted by molar-refractivity contribution is 0.103. The van der Waals surface area contributed by atoms with E-state index < -0.39 is 0 Å². The average Bonchev–Trinajstić information content (AvgIpc) is 2.38. The Labute approximate surface area is 129 Å². The van der Waals surface area contributed by atoms with Gasteiger partial charge < -0.3 is 4.74 Å². The molecular weight excluding hydrogens is 351 g/mol. The molecule has 0 atom stereocenters. The van der Waals surface area contributed by atoms with Gasteiger partial charge in [0.25, 0.3) is 0 Å². The molecule has 2 aromatic carbocycles. The Morgan fingerprint density at radius 1 is 1.16 bits per heavy atom. The predicted octanol–water partition coefficient (Wildman–Crippen LogP) is 5.00. The minimum atomic E-state index is -0.131. The Bertz CT molecular complexity index is 641. The van der Waals surface area contributed by atoms with E-state index in [1.165, 1.54) is 7.11 Å². The fraction of sp³-hybridized carbons (Fsp3) is 0.0714. The fourth-order valence-electron chi connectivity index (χ4n) is 1.64. The first-order chi connectivity index (χ1) is 9.02. The SMILES string of the molecule is COc1ccc(C(=O)c2ccc(Cl)cc2Br)cc1Cl. The van der Waals surface area contributed by atoms with Crippen LogP contribution in [0, 0.1) is 0 Å². The summed E-state index contributed by atoms with van der Waals surface area (Å²) in [4.78, 5) is 12.4. The molecule has 0 aromatic heterocycles. The highest BCUT2D eigenvalue weighted by atomic mass is 79.9. The Hall–Kier alpha value is -1.03. The van der Waals surface area contributed by atoms with Crippen LogP contribution in [0.5, 0.6) is 5.75 Å². The monoisotopic (exact) mass is 358 g/mol. The van der Waals surface area contributed by atoms with Crippen molar-refractivity contribution in [3.05, 3.63) is 62.0 Å². The summed E-state index contributed by atoms with van der Waals surface area (Å²) in [6.07, 6.45) is 0. The van der Waals surface area contributed by atoms with Crippen molar-refractivity contribution in [2.75, 3.05) is 7.11 Å². The van der Waals surface area contributed by atoms with Gasteiger partial charge in [0.05, 0.1) is 12.1 Å². The number of carbonyl (C=O) groups excluding carboxylic acids is 1. The number of carbonyl (C=O) groups is 1. The van der Waals surface area contributed by atoms with E-state index in [2.05, 4.69) is 15.9 Å². The van der Waals surface area contributed by atoms with Gasteiger partial charge in [0.2, 0.25) is 0 Å². The van der Waals surface area contributed by atoms with Crippen LogP contribution in [0.15, 0.2) is 40.9 Å². The minimum absolute atomic E-state index is 0.131. The van der Waals surface area contributed by atoms with Gasteiger partial charge in [-0.1, -0.05) is 23.2 Å². The summed E-state index contributed by atoms with van der Waals surface area (Å²) in [6, 6.07) is 9.95. The van der Waals surface area contributed by atoms with Crippen LogP contribution in [0.1, 0.15) is 15.9 Å². The van der Waals surface area contributed by atoms with E-state index in [0.29, 0.717) is 31.4 Å².